The minimum absolute atomic E-state index is 0.279. The van der Waals surface area contributed by atoms with Crippen molar-refractivity contribution in [2.24, 2.45) is 0 Å². The lowest BCUT2D eigenvalue weighted by Gasteiger charge is -2.36. The number of aromatic nitrogens is 2. The smallest absolute Gasteiger partial charge is 0.410 e. The van der Waals surface area contributed by atoms with Crippen LogP contribution in [0.2, 0.25) is 0 Å². The lowest BCUT2D eigenvalue weighted by Crippen LogP contribution is -2.50. The molecule has 1 rings (SSSR count). The number of hydrogen-bond donors (Lipinski definition) is 2. The van der Waals surface area contributed by atoms with Crippen molar-refractivity contribution in [3.8, 4) is 0 Å². The molecule has 0 saturated carbocycles. The molecule has 0 atom stereocenters. The molecule has 120 valence electrons. The molecule has 0 aliphatic rings. The fourth-order valence-corrected chi connectivity index (χ4v) is 1.81. The number of nitrogens with zero attached hydrogens (tertiary/aromatic N) is 2. The minimum Gasteiger partial charge on any atom is -0.444 e. The van der Waals surface area contributed by atoms with Gasteiger partial charge in [0.2, 0.25) is 0 Å². The molecule has 0 radical (unpaired) electrons. The highest BCUT2D eigenvalue weighted by atomic mass is 16.6. The Morgan fingerprint density at radius 2 is 2.00 bits per heavy atom. The Bertz CT molecular complexity index is 430. The molecule has 0 unspecified atom stereocenters. The Balaban J connectivity index is 2.49. The molecule has 6 heteroatoms. The maximum absolute atomic E-state index is 12.3. The van der Waals surface area contributed by atoms with Crippen LogP contribution in [0.25, 0.3) is 0 Å². The van der Waals surface area contributed by atoms with Crippen LogP contribution in [-0.4, -0.2) is 45.4 Å². The first-order chi connectivity index (χ1) is 9.59. The largest absolute Gasteiger partial charge is 0.444 e. The van der Waals surface area contributed by atoms with Gasteiger partial charge >= 0.3 is 6.09 Å². The normalized spacial score (nSPS) is 12.3. The van der Waals surface area contributed by atoms with Crippen molar-refractivity contribution in [3.63, 3.8) is 0 Å². The summed E-state index contributed by atoms with van der Waals surface area (Å²) in [5.74, 6) is 0. The van der Waals surface area contributed by atoms with E-state index in [-0.39, 0.29) is 11.6 Å². The first-order valence-electron chi connectivity index (χ1n) is 7.29. The fourth-order valence-electron chi connectivity index (χ4n) is 1.81. The SMILES string of the molecule is CC(C)(C)OC(=O)N(CCNCc1ccn[nH]1)C(C)(C)C. The maximum Gasteiger partial charge on any atom is 0.410 e. The Morgan fingerprint density at radius 1 is 1.33 bits per heavy atom. The standard InChI is InChI=1S/C15H28N4O2/c1-14(2,3)19(13(20)21-15(4,5)6)10-9-16-11-12-7-8-17-18-12/h7-8,16H,9-11H2,1-6H3,(H,17,18). The van der Waals surface area contributed by atoms with Crippen LogP contribution in [0.3, 0.4) is 0 Å². The summed E-state index contributed by atoms with van der Waals surface area (Å²) in [6.45, 7) is 13.6. The molecule has 21 heavy (non-hydrogen) atoms. The van der Waals surface area contributed by atoms with Gasteiger partial charge in [0, 0.05) is 37.1 Å². The van der Waals surface area contributed by atoms with Gasteiger partial charge in [-0.05, 0) is 47.6 Å². The number of ether oxygens (including phenoxy) is 1. The Morgan fingerprint density at radius 3 is 2.48 bits per heavy atom. The molecule has 0 saturated heterocycles. The van der Waals surface area contributed by atoms with Gasteiger partial charge in [0.05, 0.1) is 0 Å². The van der Waals surface area contributed by atoms with E-state index < -0.39 is 5.60 Å². The highest BCUT2D eigenvalue weighted by molar-refractivity contribution is 5.69. The van der Waals surface area contributed by atoms with Gasteiger partial charge in [-0.15, -0.1) is 0 Å². The summed E-state index contributed by atoms with van der Waals surface area (Å²) in [5, 5.41) is 10.1. The van der Waals surface area contributed by atoms with Crippen molar-refractivity contribution < 1.29 is 9.53 Å². The Hall–Kier alpha value is -1.56. The van der Waals surface area contributed by atoms with Gasteiger partial charge in [0.15, 0.2) is 0 Å². The number of aromatic amines is 1. The molecule has 0 spiro atoms. The average Bonchev–Trinajstić information content (AvgIpc) is 2.77. The van der Waals surface area contributed by atoms with Gasteiger partial charge < -0.3 is 15.0 Å². The second-order valence-electron chi connectivity index (χ2n) is 7.06. The van der Waals surface area contributed by atoms with Crippen LogP contribution in [0.15, 0.2) is 12.3 Å². The maximum atomic E-state index is 12.3. The molecular weight excluding hydrogens is 268 g/mol. The van der Waals surface area contributed by atoms with Crippen molar-refractivity contribution in [3.05, 3.63) is 18.0 Å². The summed E-state index contributed by atoms with van der Waals surface area (Å²) in [6.07, 6.45) is 1.44. The minimum atomic E-state index is -0.482. The zero-order valence-electron chi connectivity index (χ0n) is 14.0. The molecular formula is C15H28N4O2. The summed E-state index contributed by atoms with van der Waals surface area (Å²) in [5.41, 5.74) is 0.261. The molecule has 6 nitrogen and oxygen atoms in total. The van der Waals surface area contributed by atoms with Crippen LogP contribution in [0.5, 0.6) is 0 Å². The van der Waals surface area contributed by atoms with Crippen LogP contribution in [0.4, 0.5) is 4.79 Å². The van der Waals surface area contributed by atoms with E-state index in [0.29, 0.717) is 19.6 Å². The van der Waals surface area contributed by atoms with Crippen LogP contribution >= 0.6 is 0 Å². The molecule has 0 bridgehead atoms. The van der Waals surface area contributed by atoms with Crippen molar-refractivity contribution in [2.45, 2.75) is 59.2 Å². The zero-order chi connectivity index (χ0) is 16.1. The van der Waals surface area contributed by atoms with Crippen molar-refractivity contribution in [1.29, 1.82) is 0 Å². The van der Waals surface area contributed by atoms with E-state index >= 15 is 0 Å². The van der Waals surface area contributed by atoms with Crippen molar-refractivity contribution >= 4 is 6.09 Å². The van der Waals surface area contributed by atoms with E-state index in [1.54, 1.807) is 11.1 Å². The zero-order valence-corrected chi connectivity index (χ0v) is 14.0. The Kier molecular flexibility index (Phi) is 5.78. The third-order valence-electron chi connectivity index (χ3n) is 2.81. The highest BCUT2D eigenvalue weighted by Gasteiger charge is 2.30. The van der Waals surface area contributed by atoms with Gasteiger partial charge in [-0.2, -0.15) is 5.10 Å². The van der Waals surface area contributed by atoms with Gasteiger partial charge in [-0.1, -0.05) is 0 Å². The summed E-state index contributed by atoms with van der Waals surface area (Å²) < 4.78 is 5.47. The third-order valence-corrected chi connectivity index (χ3v) is 2.81. The topological polar surface area (TPSA) is 70.2 Å². The van der Waals surface area contributed by atoms with E-state index in [1.165, 1.54) is 0 Å². The predicted molar refractivity (Wildman–Crippen MR) is 83.0 cm³/mol. The number of carbonyl (C=O) groups is 1. The van der Waals surface area contributed by atoms with E-state index in [0.717, 1.165) is 5.69 Å². The molecule has 0 fully saturated rings. The number of amides is 1. The number of carbonyl (C=O) groups excluding carboxylic acids is 1. The van der Waals surface area contributed by atoms with E-state index in [2.05, 4.69) is 15.5 Å². The van der Waals surface area contributed by atoms with Crippen molar-refractivity contribution in [1.82, 2.24) is 20.4 Å². The van der Waals surface area contributed by atoms with Crippen molar-refractivity contribution in [2.75, 3.05) is 13.1 Å². The summed E-state index contributed by atoms with van der Waals surface area (Å²) in [4.78, 5) is 14.0. The lowest BCUT2D eigenvalue weighted by atomic mass is 10.1. The molecule has 1 amide bonds. The first kappa shape index (κ1) is 17.5. The summed E-state index contributed by atoms with van der Waals surface area (Å²) in [7, 11) is 0. The van der Waals surface area contributed by atoms with Crippen LogP contribution in [0.1, 0.15) is 47.2 Å². The summed E-state index contributed by atoms with van der Waals surface area (Å²) >= 11 is 0. The average molecular weight is 296 g/mol. The number of nitrogens with one attached hydrogen (secondary N) is 2. The lowest BCUT2D eigenvalue weighted by molar-refractivity contribution is 0.00663. The van der Waals surface area contributed by atoms with Gasteiger partial charge in [-0.3, -0.25) is 5.10 Å². The van der Waals surface area contributed by atoms with Crippen LogP contribution in [-0.2, 0) is 11.3 Å². The molecule has 1 heterocycles. The second kappa shape index (κ2) is 6.93. The van der Waals surface area contributed by atoms with Crippen LogP contribution < -0.4 is 5.32 Å². The molecule has 1 aromatic rings. The van der Waals surface area contributed by atoms with E-state index in [9.17, 15) is 4.79 Å². The number of rotatable bonds is 5. The third kappa shape index (κ3) is 6.62. The molecule has 0 aliphatic heterocycles. The predicted octanol–water partition coefficient (Wildman–Crippen LogP) is 2.53. The fraction of sp³-hybridized carbons (Fsp3) is 0.733. The number of hydrogen-bond acceptors (Lipinski definition) is 4. The first-order valence-corrected chi connectivity index (χ1v) is 7.29. The Labute approximate surface area is 127 Å². The second-order valence-corrected chi connectivity index (χ2v) is 7.06. The summed E-state index contributed by atoms with van der Waals surface area (Å²) in [6, 6.07) is 1.92. The highest BCUT2D eigenvalue weighted by Crippen LogP contribution is 2.17. The molecule has 1 aromatic heterocycles. The van der Waals surface area contributed by atoms with E-state index in [1.807, 2.05) is 47.6 Å². The quantitative estimate of drug-likeness (QED) is 0.819. The van der Waals surface area contributed by atoms with Gasteiger partial charge in [0.25, 0.3) is 0 Å². The van der Waals surface area contributed by atoms with Gasteiger partial charge in [0.1, 0.15) is 5.60 Å². The van der Waals surface area contributed by atoms with Crippen LogP contribution in [0, 0.1) is 0 Å². The monoisotopic (exact) mass is 296 g/mol. The number of H-pyrrole nitrogens is 1. The molecule has 2 N–H and O–H groups in total. The van der Waals surface area contributed by atoms with E-state index in [4.69, 9.17) is 4.74 Å². The molecule has 0 aromatic carbocycles. The van der Waals surface area contributed by atoms with Gasteiger partial charge in [-0.25, -0.2) is 4.79 Å². The molecule has 0 aliphatic carbocycles.